The van der Waals surface area contributed by atoms with Gasteiger partial charge in [-0.2, -0.15) is 13.2 Å². The standard InChI is InChI=1S/C14H18BrF3N2/c1-3-10-7-19-9(2)8-20(10)11-4-5-13(15)12(6-11)14(16,17)18/h4-6,9-10,19H,3,7-8H2,1-2H3. The second-order valence-corrected chi connectivity index (χ2v) is 6.04. The molecule has 1 aliphatic rings. The zero-order valence-electron chi connectivity index (χ0n) is 11.5. The van der Waals surface area contributed by atoms with Crippen molar-refractivity contribution in [1.29, 1.82) is 0 Å². The molecule has 0 aromatic heterocycles. The molecule has 6 heteroatoms. The van der Waals surface area contributed by atoms with Crippen LogP contribution in [-0.4, -0.2) is 25.2 Å². The first kappa shape index (κ1) is 15.6. The fraction of sp³-hybridized carbons (Fsp3) is 0.571. The number of piperazine rings is 1. The largest absolute Gasteiger partial charge is 0.417 e. The maximum absolute atomic E-state index is 13.0. The van der Waals surface area contributed by atoms with Crippen molar-refractivity contribution in [2.45, 2.75) is 38.5 Å². The topological polar surface area (TPSA) is 15.3 Å². The summed E-state index contributed by atoms with van der Waals surface area (Å²) < 4.78 is 39.1. The predicted molar refractivity (Wildman–Crippen MR) is 78.0 cm³/mol. The van der Waals surface area contributed by atoms with E-state index in [1.165, 1.54) is 12.1 Å². The fourth-order valence-corrected chi connectivity index (χ4v) is 3.02. The Hall–Kier alpha value is -0.750. The van der Waals surface area contributed by atoms with Crippen molar-refractivity contribution in [2.24, 2.45) is 0 Å². The van der Waals surface area contributed by atoms with Crippen molar-refractivity contribution in [3.8, 4) is 0 Å². The molecule has 20 heavy (non-hydrogen) atoms. The lowest BCUT2D eigenvalue weighted by molar-refractivity contribution is -0.138. The molecule has 1 saturated heterocycles. The molecule has 0 bridgehead atoms. The Morgan fingerprint density at radius 2 is 2.10 bits per heavy atom. The summed E-state index contributed by atoms with van der Waals surface area (Å²) in [4.78, 5) is 2.07. The summed E-state index contributed by atoms with van der Waals surface area (Å²) in [5.74, 6) is 0. The van der Waals surface area contributed by atoms with Gasteiger partial charge in [0.2, 0.25) is 0 Å². The van der Waals surface area contributed by atoms with Crippen molar-refractivity contribution in [1.82, 2.24) is 5.32 Å². The van der Waals surface area contributed by atoms with E-state index in [0.717, 1.165) is 19.5 Å². The number of anilines is 1. The highest BCUT2D eigenvalue weighted by Crippen LogP contribution is 2.37. The van der Waals surface area contributed by atoms with E-state index in [4.69, 9.17) is 0 Å². The van der Waals surface area contributed by atoms with Crippen LogP contribution in [0.1, 0.15) is 25.8 Å². The first-order valence-electron chi connectivity index (χ1n) is 6.69. The Morgan fingerprint density at radius 1 is 1.40 bits per heavy atom. The Bertz CT molecular complexity index is 476. The highest BCUT2D eigenvalue weighted by Gasteiger charge is 2.34. The van der Waals surface area contributed by atoms with Gasteiger partial charge in [-0.05, 0) is 31.5 Å². The van der Waals surface area contributed by atoms with Gasteiger partial charge < -0.3 is 10.2 Å². The van der Waals surface area contributed by atoms with Gasteiger partial charge in [0, 0.05) is 35.3 Å². The van der Waals surface area contributed by atoms with Crippen molar-refractivity contribution in [2.75, 3.05) is 18.0 Å². The molecule has 1 aromatic carbocycles. The Kier molecular flexibility index (Phi) is 4.64. The first-order valence-corrected chi connectivity index (χ1v) is 7.49. The predicted octanol–water partition coefficient (Wildman–Crippen LogP) is 4.04. The maximum Gasteiger partial charge on any atom is 0.417 e. The Morgan fingerprint density at radius 3 is 2.70 bits per heavy atom. The zero-order chi connectivity index (χ0) is 14.9. The molecule has 0 spiro atoms. The summed E-state index contributed by atoms with van der Waals surface area (Å²) in [7, 11) is 0. The van der Waals surface area contributed by atoms with Crippen LogP contribution in [0, 0.1) is 0 Å². The van der Waals surface area contributed by atoms with Crippen LogP contribution in [0.4, 0.5) is 18.9 Å². The van der Waals surface area contributed by atoms with Gasteiger partial charge in [0.1, 0.15) is 0 Å². The molecule has 1 aliphatic heterocycles. The molecule has 0 saturated carbocycles. The fourth-order valence-electron chi connectivity index (χ4n) is 2.55. The van der Waals surface area contributed by atoms with Gasteiger partial charge in [-0.3, -0.25) is 0 Å². The molecular weight excluding hydrogens is 333 g/mol. The summed E-state index contributed by atoms with van der Waals surface area (Å²) in [6.45, 7) is 5.62. The zero-order valence-corrected chi connectivity index (χ0v) is 13.1. The molecule has 1 aromatic rings. The summed E-state index contributed by atoms with van der Waals surface area (Å²) in [6, 6.07) is 4.98. The normalized spacial score (nSPS) is 24.0. The second-order valence-electron chi connectivity index (χ2n) is 5.19. The van der Waals surface area contributed by atoms with Crippen molar-refractivity contribution >= 4 is 21.6 Å². The van der Waals surface area contributed by atoms with Crippen LogP contribution in [0.25, 0.3) is 0 Å². The van der Waals surface area contributed by atoms with E-state index in [1.807, 2.05) is 6.92 Å². The average Bonchev–Trinajstić information content (AvgIpc) is 2.38. The van der Waals surface area contributed by atoms with Crippen LogP contribution in [0.5, 0.6) is 0 Å². The number of benzene rings is 1. The third-order valence-electron chi connectivity index (χ3n) is 3.67. The highest BCUT2D eigenvalue weighted by atomic mass is 79.9. The van der Waals surface area contributed by atoms with Crippen LogP contribution in [0.2, 0.25) is 0 Å². The third kappa shape index (κ3) is 3.28. The van der Waals surface area contributed by atoms with Gasteiger partial charge in [-0.25, -0.2) is 0 Å². The number of rotatable bonds is 2. The summed E-state index contributed by atoms with van der Waals surface area (Å²) >= 11 is 2.98. The average molecular weight is 351 g/mol. The molecule has 1 fully saturated rings. The van der Waals surface area contributed by atoms with Crippen LogP contribution >= 0.6 is 15.9 Å². The van der Waals surface area contributed by atoms with E-state index >= 15 is 0 Å². The highest BCUT2D eigenvalue weighted by molar-refractivity contribution is 9.10. The van der Waals surface area contributed by atoms with Crippen molar-refractivity contribution < 1.29 is 13.2 Å². The second kappa shape index (κ2) is 5.93. The van der Waals surface area contributed by atoms with Gasteiger partial charge in [0.05, 0.1) is 5.56 Å². The molecule has 2 rings (SSSR count). The first-order chi connectivity index (χ1) is 9.32. The molecule has 2 nitrogen and oxygen atoms in total. The van der Waals surface area contributed by atoms with Crippen LogP contribution in [0.3, 0.4) is 0 Å². The minimum atomic E-state index is -4.34. The maximum atomic E-state index is 13.0. The third-order valence-corrected chi connectivity index (χ3v) is 4.36. The smallest absolute Gasteiger partial charge is 0.366 e. The number of nitrogens with zero attached hydrogens (tertiary/aromatic N) is 1. The van der Waals surface area contributed by atoms with Crippen LogP contribution in [0.15, 0.2) is 22.7 Å². The molecule has 0 amide bonds. The monoisotopic (exact) mass is 350 g/mol. The molecule has 1 N–H and O–H groups in total. The number of hydrogen-bond acceptors (Lipinski definition) is 2. The van der Waals surface area contributed by atoms with E-state index in [-0.39, 0.29) is 16.6 Å². The molecule has 0 radical (unpaired) electrons. The Balaban J connectivity index is 2.36. The number of alkyl halides is 3. The molecule has 2 unspecified atom stereocenters. The van der Waals surface area contributed by atoms with Gasteiger partial charge in [-0.1, -0.05) is 22.9 Å². The minimum absolute atomic E-state index is 0.0879. The quantitative estimate of drug-likeness (QED) is 0.865. The van der Waals surface area contributed by atoms with Crippen LogP contribution < -0.4 is 10.2 Å². The lowest BCUT2D eigenvalue weighted by Crippen LogP contribution is -2.55. The van der Waals surface area contributed by atoms with E-state index < -0.39 is 11.7 Å². The van der Waals surface area contributed by atoms with Gasteiger partial charge in [0.15, 0.2) is 0 Å². The SMILES string of the molecule is CCC1CNC(C)CN1c1ccc(Br)c(C(F)(F)F)c1. The lowest BCUT2D eigenvalue weighted by Gasteiger charge is -2.41. The van der Waals surface area contributed by atoms with Gasteiger partial charge >= 0.3 is 6.18 Å². The van der Waals surface area contributed by atoms with Gasteiger partial charge in [0.25, 0.3) is 0 Å². The molecular formula is C14H18BrF3N2. The summed E-state index contributed by atoms with van der Waals surface area (Å²) in [6.07, 6.45) is -3.44. The minimum Gasteiger partial charge on any atom is -0.366 e. The van der Waals surface area contributed by atoms with Crippen molar-refractivity contribution in [3.05, 3.63) is 28.2 Å². The van der Waals surface area contributed by atoms with Gasteiger partial charge in [-0.15, -0.1) is 0 Å². The Labute approximate surface area is 125 Å². The van der Waals surface area contributed by atoms with E-state index in [0.29, 0.717) is 5.69 Å². The van der Waals surface area contributed by atoms with E-state index in [2.05, 4.69) is 33.1 Å². The van der Waals surface area contributed by atoms with E-state index in [9.17, 15) is 13.2 Å². The van der Waals surface area contributed by atoms with Crippen molar-refractivity contribution in [3.63, 3.8) is 0 Å². The molecule has 0 aliphatic carbocycles. The molecule has 112 valence electrons. The van der Waals surface area contributed by atoms with Crippen LogP contribution in [-0.2, 0) is 6.18 Å². The number of nitrogens with one attached hydrogen (secondary N) is 1. The lowest BCUT2D eigenvalue weighted by atomic mass is 10.1. The summed E-state index contributed by atoms with van der Waals surface area (Å²) in [5.41, 5.74) is 0.0248. The number of hydrogen-bond donors (Lipinski definition) is 1. The molecule has 1 heterocycles. The number of halogens is 4. The van der Waals surface area contributed by atoms with E-state index in [1.54, 1.807) is 6.07 Å². The summed E-state index contributed by atoms with van der Waals surface area (Å²) in [5, 5.41) is 3.37. The molecule has 2 atom stereocenters.